The van der Waals surface area contributed by atoms with Crippen molar-refractivity contribution >= 4 is 56.1 Å². The van der Waals surface area contributed by atoms with E-state index < -0.39 is 39.9 Å². The summed E-state index contributed by atoms with van der Waals surface area (Å²) in [7, 11) is 0.663. The fraction of sp³-hybridized carbons (Fsp3) is 0.600. The summed E-state index contributed by atoms with van der Waals surface area (Å²) in [5.74, 6) is -1.61. The molecule has 36 heavy (non-hydrogen) atoms. The van der Waals surface area contributed by atoms with Gasteiger partial charge in [0.15, 0.2) is 0 Å². The van der Waals surface area contributed by atoms with E-state index >= 15 is 0 Å². The molecule has 1 aromatic rings. The Balaban J connectivity index is 1.97. The Labute approximate surface area is 225 Å². The lowest BCUT2D eigenvalue weighted by molar-refractivity contribution is -0.140. The van der Waals surface area contributed by atoms with Gasteiger partial charge in [-0.2, -0.15) is 0 Å². The average molecular weight is 558 g/mol. The molecule has 2 rings (SSSR count). The molecule has 11 heteroatoms. The smallest absolute Gasteiger partial charge is 0.289 e. The van der Waals surface area contributed by atoms with E-state index in [-0.39, 0.29) is 36.5 Å². The average Bonchev–Trinajstić information content (AvgIpc) is 3.25. The number of nitrogens with one attached hydrogen (secondary N) is 3. The monoisotopic (exact) mass is 557 g/mol. The van der Waals surface area contributed by atoms with Crippen LogP contribution in [0.2, 0.25) is 5.02 Å². The molecular weight excluding hydrogens is 522 g/mol. The van der Waals surface area contributed by atoms with Crippen LogP contribution in [-0.4, -0.2) is 57.7 Å². The maximum Gasteiger partial charge on any atom is 0.289 e. The van der Waals surface area contributed by atoms with Crippen LogP contribution in [0.25, 0.3) is 0 Å². The molecule has 0 spiro atoms. The highest BCUT2D eigenvalue weighted by molar-refractivity contribution is 8.72. The fourth-order valence-electron chi connectivity index (χ4n) is 3.87. The Hall–Kier alpha value is -1.75. The molecule has 0 aromatic heterocycles. The molecule has 1 aliphatic heterocycles. The zero-order valence-corrected chi connectivity index (χ0v) is 23.4. The number of benzene rings is 1. The molecule has 1 heterocycles. The van der Waals surface area contributed by atoms with Gasteiger partial charge in [-0.25, -0.2) is 0 Å². The molecule has 3 amide bonds. The van der Waals surface area contributed by atoms with Crippen molar-refractivity contribution in [3.05, 3.63) is 34.9 Å². The van der Waals surface area contributed by atoms with Gasteiger partial charge < -0.3 is 20.5 Å². The molecule has 0 saturated carbocycles. The molecular formula is C25H36ClN3O5S2. The second-order valence-corrected chi connectivity index (χ2v) is 13.1. The highest BCUT2D eigenvalue weighted by Gasteiger charge is 2.32. The van der Waals surface area contributed by atoms with Gasteiger partial charge in [-0.15, -0.1) is 0 Å². The lowest BCUT2D eigenvalue weighted by Crippen LogP contribution is -2.56. The first-order valence-electron chi connectivity index (χ1n) is 12.3. The van der Waals surface area contributed by atoms with E-state index in [9.17, 15) is 23.7 Å². The first-order chi connectivity index (χ1) is 17.1. The van der Waals surface area contributed by atoms with Gasteiger partial charge in [-0.05, 0) is 49.8 Å². The Morgan fingerprint density at radius 3 is 2.42 bits per heavy atom. The van der Waals surface area contributed by atoms with Crippen molar-refractivity contribution < 1.29 is 23.7 Å². The third kappa shape index (κ3) is 9.95. The van der Waals surface area contributed by atoms with Crippen LogP contribution in [0.15, 0.2) is 24.3 Å². The summed E-state index contributed by atoms with van der Waals surface area (Å²) >= 11 is 5.94. The normalized spacial score (nSPS) is 18.9. The number of hydrogen-bond donors (Lipinski definition) is 3. The number of likely N-dealkylation sites (N-methyl/N-ethyl adjacent to an activating group) is 1. The number of rotatable bonds is 14. The largest absolute Gasteiger partial charge is 0.605 e. The second kappa shape index (κ2) is 15.5. The maximum absolute atomic E-state index is 13.1. The third-order valence-corrected chi connectivity index (χ3v) is 9.82. The lowest BCUT2D eigenvalue weighted by Gasteiger charge is -2.25. The predicted molar refractivity (Wildman–Crippen MR) is 145 cm³/mol. The number of halogens is 1. The van der Waals surface area contributed by atoms with Gasteiger partial charge in [0, 0.05) is 46.8 Å². The minimum atomic E-state index is -1.09. The second-order valence-electron chi connectivity index (χ2n) is 9.14. The molecule has 1 fully saturated rings. The van der Waals surface area contributed by atoms with Crippen LogP contribution in [0, 0.1) is 5.92 Å². The van der Waals surface area contributed by atoms with Crippen molar-refractivity contribution in [1.82, 2.24) is 16.0 Å². The molecule has 1 saturated heterocycles. The van der Waals surface area contributed by atoms with E-state index in [0.29, 0.717) is 11.4 Å². The van der Waals surface area contributed by atoms with Gasteiger partial charge >= 0.3 is 0 Å². The summed E-state index contributed by atoms with van der Waals surface area (Å²) in [5, 5.41) is 8.68. The topological polar surface area (TPSA) is 127 Å². The molecule has 4 atom stereocenters. The standard InChI is InChI=1S/C25H36ClN3O5S2/c1-4-27-25(33)23(31)20(15-17-9-11-18(26)12-10-17)28-24(32)22(16(2)3)29-21(30)8-6-5-7-19-13-14-35-36(19)34/h9-12,16,19-20,22H,4-8,13-15H2,1-3H3,(H,27,33)(H,28,32)(H,29,30)/t19?,20-,22-,36?/m0/s1. The molecule has 0 radical (unpaired) electrons. The van der Waals surface area contributed by atoms with Crippen molar-refractivity contribution in [2.24, 2.45) is 5.92 Å². The zero-order valence-electron chi connectivity index (χ0n) is 21.0. The van der Waals surface area contributed by atoms with E-state index in [1.54, 1.807) is 45.0 Å². The SMILES string of the molecule is CCNC(=O)C(=O)[C@H](Cc1ccc(Cl)cc1)NC(=O)[C@@H](NC(=O)CCCCC1CCS[S+]1[O-])C(C)C. The summed E-state index contributed by atoms with van der Waals surface area (Å²) < 4.78 is 11.8. The summed E-state index contributed by atoms with van der Waals surface area (Å²) in [6.45, 7) is 5.59. The molecule has 1 aromatic carbocycles. The summed E-state index contributed by atoms with van der Waals surface area (Å²) in [5.41, 5.74) is 0.731. The predicted octanol–water partition coefficient (Wildman–Crippen LogP) is 2.94. The zero-order chi connectivity index (χ0) is 26.7. The number of hydrogen-bond acceptors (Lipinski definition) is 6. The molecule has 3 N–H and O–H groups in total. The van der Waals surface area contributed by atoms with E-state index in [0.717, 1.165) is 30.6 Å². The number of carbonyl (C=O) groups is 4. The van der Waals surface area contributed by atoms with Crippen molar-refractivity contribution in [2.75, 3.05) is 12.3 Å². The highest BCUT2D eigenvalue weighted by Crippen LogP contribution is 2.33. The van der Waals surface area contributed by atoms with E-state index in [4.69, 9.17) is 11.6 Å². The fourth-order valence-corrected chi connectivity index (χ4v) is 7.48. The first-order valence-corrected chi connectivity index (χ1v) is 15.4. The number of amides is 3. The molecule has 0 bridgehead atoms. The van der Waals surface area contributed by atoms with Crippen LogP contribution in [0.4, 0.5) is 0 Å². The van der Waals surface area contributed by atoms with Crippen molar-refractivity contribution in [3.8, 4) is 0 Å². The van der Waals surface area contributed by atoms with Crippen LogP contribution < -0.4 is 16.0 Å². The van der Waals surface area contributed by atoms with Gasteiger partial charge in [0.2, 0.25) is 17.6 Å². The summed E-state index contributed by atoms with van der Waals surface area (Å²) in [6, 6.07) is 4.86. The Morgan fingerprint density at radius 2 is 1.83 bits per heavy atom. The summed E-state index contributed by atoms with van der Waals surface area (Å²) in [4.78, 5) is 50.7. The molecule has 1 aliphatic rings. The molecule has 200 valence electrons. The van der Waals surface area contributed by atoms with Crippen LogP contribution in [-0.2, 0) is 35.8 Å². The number of Topliss-reactive ketones (excluding diaryl/α,β-unsaturated/α-hetero) is 1. The van der Waals surface area contributed by atoms with Crippen molar-refractivity contribution in [2.45, 2.75) is 76.6 Å². The number of carbonyl (C=O) groups excluding carboxylic acids is 4. The van der Waals surface area contributed by atoms with Crippen LogP contribution in [0.3, 0.4) is 0 Å². The lowest BCUT2D eigenvalue weighted by atomic mass is 9.98. The van der Waals surface area contributed by atoms with Gasteiger partial charge in [-0.1, -0.05) is 37.6 Å². The van der Waals surface area contributed by atoms with Gasteiger partial charge in [0.05, 0.1) is 10.8 Å². The summed E-state index contributed by atoms with van der Waals surface area (Å²) in [6.07, 6.45) is 3.59. The van der Waals surface area contributed by atoms with Crippen molar-refractivity contribution in [1.29, 1.82) is 0 Å². The van der Waals surface area contributed by atoms with Gasteiger partial charge in [0.1, 0.15) is 17.3 Å². The number of ketones is 1. The minimum absolute atomic E-state index is 0.110. The maximum atomic E-state index is 13.1. The quantitative estimate of drug-likeness (QED) is 0.140. The van der Waals surface area contributed by atoms with Crippen LogP contribution >= 0.6 is 22.4 Å². The Bertz CT molecular complexity index is 900. The Morgan fingerprint density at radius 1 is 1.14 bits per heavy atom. The van der Waals surface area contributed by atoms with Crippen LogP contribution in [0.5, 0.6) is 0 Å². The third-order valence-electron chi connectivity index (χ3n) is 5.90. The molecule has 0 aliphatic carbocycles. The van der Waals surface area contributed by atoms with Gasteiger partial charge in [0.25, 0.3) is 5.91 Å². The minimum Gasteiger partial charge on any atom is -0.605 e. The number of unbranched alkanes of at least 4 members (excludes halogenated alkanes) is 1. The van der Waals surface area contributed by atoms with Crippen molar-refractivity contribution in [3.63, 3.8) is 0 Å². The first kappa shape index (κ1) is 30.5. The van der Waals surface area contributed by atoms with E-state index in [1.807, 2.05) is 0 Å². The molecule has 8 nitrogen and oxygen atoms in total. The van der Waals surface area contributed by atoms with E-state index in [1.165, 1.54) is 10.8 Å². The Kier molecular flexibility index (Phi) is 13.1. The van der Waals surface area contributed by atoms with Crippen LogP contribution in [0.1, 0.15) is 58.4 Å². The highest BCUT2D eigenvalue weighted by atomic mass is 35.5. The van der Waals surface area contributed by atoms with E-state index in [2.05, 4.69) is 16.0 Å². The molecule has 2 unspecified atom stereocenters. The van der Waals surface area contributed by atoms with Gasteiger partial charge in [-0.3, -0.25) is 19.2 Å².